The molecule has 0 radical (unpaired) electrons. The molecule has 0 bridgehead atoms. The van der Waals surface area contributed by atoms with Crippen LogP contribution >= 0.6 is 11.3 Å². The highest BCUT2D eigenvalue weighted by Gasteiger charge is 2.37. The summed E-state index contributed by atoms with van der Waals surface area (Å²) in [6.45, 7) is 1.95. The maximum Gasteiger partial charge on any atom is 0.0694 e. The van der Waals surface area contributed by atoms with Crippen molar-refractivity contribution in [3.63, 3.8) is 0 Å². The van der Waals surface area contributed by atoms with Crippen LogP contribution in [-0.2, 0) is 11.2 Å². The van der Waals surface area contributed by atoms with Crippen molar-refractivity contribution in [2.24, 2.45) is 0 Å². The third-order valence-corrected chi connectivity index (χ3v) is 4.37. The predicted molar refractivity (Wildman–Crippen MR) is 69.1 cm³/mol. The number of ether oxygens (including phenoxy) is 1. The van der Waals surface area contributed by atoms with Gasteiger partial charge in [0.15, 0.2) is 0 Å². The van der Waals surface area contributed by atoms with E-state index in [9.17, 15) is 0 Å². The van der Waals surface area contributed by atoms with Crippen molar-refractivity contribution in [3.8, 4) is 0 Å². The molecule has 1 aromatic rings. The van der Waals surface area contributed by atoms with E-state index in [-0.39, 0.29) is 5.60 Å². The number of hydrogen-bond acceptors (Lipinski definition) is 3. The first-order valence-corrected chi connectivity index (χ1v) is 7.04. The van der Waals surface area contributed by atoms with E-state index < -0.39 is 0 Å². The minimum absolute atomic E-state index is 0.209. The summed E-state index contributed by atoms with van der Waals surface area (Å²) in [6.07, 6.45) is 6.06. The van der Waals surface area contributed by atoms with Gasteiger partial charge in [0.1, 0.15) is 0 Å². The van der Waals surface area contributed by atoms with Gasteiger partial charge in [-0.25, -0.2) is 0 Å². The average molecular weight is 239 g/mol. The molecule has 0 unspecified atom stereocenters. The molecule has 0 atom stereocenters. The first kappa shape index (κ1) is 12.1. The number of rotatable bonds is 7. The smallest absolute Gasteiger partial charge is 0.0694 e. The second-order valence-corrected chi connectivity index (χ2v) is 5.60. The van der Waals surface area contributed by atoms with Crippen LogP contribution in [0.1, 0.15) is 30.6 Å². The summed E-state index contributed by atoms with van der Waals surface area (Å²) in [5.41, 5.74) is 0.209. The molecule has 2 rings (SSSR count). The first-order valence-electron chi connectivity index (χ1n) is 6.16. The van der Waals surface area contributed by atoms with Gasteiger partial charge in [0.05, 0.1) is 12.2 Å². The van der Waals surface area contributed by atoms with E-state index in [1.54, 1.807) is 0 Å². The van der Waals surface area contributed by atoms with E-state index in [1.165, 1.54) is 24.1 Å². The van der Waals surface area contributed by atoms with Crippen LogP contribution in [0.3, 0.4) is 0 Å². The van der Waals surface area contributed by atoms with E-state index in [2.05, 4.69) is 22.8 Å². The summed E-state index contributed by atoms with van der Waals surface area (Å²) in [4.78, 5) is 1.43. The summed E-state index contributed by atoms with van der Waals surface area (Å²) in [7, 11) is 2.01. The second kappa shape index (κ2) is 5.80. The fourth-order valence-corrected chi connectivity index (χ4v) is 2.90. The van der Waals surface area contributed by atoms with Crippen molar-refractivity contribution in [2.45, 2.75) is 37.7 Å². The standard InChI is InChI=1S/C13H21NOS/c1-14-9-8-13(6-3-7-13)15-10-5-12-4-2-11-16-12/h2,4,11,14H,3,5-10H2,1H3. The Kier molecular flexibility index (Phi) is 4.38. The van der Waals surface area contributed by atoms with E-state index in [1.807, 2.05) is 18.4 Å². The molecule has 1 heterocycles. The van der Waals surface area contributed by atoms with Crippen LogP contribution in [0, 0.1) is 0 Å². The van der Waals surface area contributed by atoms with Crippen molar-refractivity contribution < 1.29 is 4.74 Å². The Morgan fingerprint density at radius 3 is 2.94 bits per heavy atom. The van der Waals surface area contributed by atoms with Gasteiger partial charge in [-0.3, -0.25) is 0 Å². The monoisotopic (exact) mass is 239 g/mol. The average Bonchev–Trinajstić information content (AvgIpc) is 2.73. The molecule has 90 valence electrons. The van der Waals surface area contributed by atoms with Crippen LogP contribution in [0.5, 0.6) is 0 Å². The molecule has 0 saturated heterocycles. The van der Waals surface area contributed by atoms with Crippen molar-refractivity contribution in [3.05, 3.63) is 22.4 Å². The molecule has 2 nitrogen and oxygen atoms in total. The molecule has 1 aromatic heterocycles. The normalized spacial score (nSPS) is 18.3. The Morgan fingerprint density at radius 2 is 2.38 bits per heavy atom. The SMILES string of the molecule is CNCCC1(OCCc2cccs2)CCC1. The second-order valence-electron chi connectivity index (χ2n) is 4.57. The number of thiophene rings is 1. The summed E-state index contributed by atoms with van der Waals surface area (Å²) < 4.78 is 6.11. The molecule has 1 N–H and O–H groups in total. The third kappa shape index (κ3) is 3.06. The van der Waals surface area contributed by atoms with Crippen LogP contribution < -0.4 is 5.32 Å². The molecule has 1 fully saturated rings. The molecule has 0 aromatic carbocycles. The molecule has 0 spiro atoms. The molecular formula is C13H21NOS. The Bertz CT molecular complexity index is 293. The fraction of sp³-hybridized carbons (Fsp3) is 0.692. The van der Waals surface area contributed by atoms with Gasteiger partial charge in [-0.05, 0) is 50.7 Å². The van der Waals surface area contributed by atoms with Crippen molar-refractivity contribution >= 4 is 11.3 Å². The summed E-state index contributed by atoms with van der Waals surface area (Å²) >= 11 is 1.82. The topological polar surface area (TPSA) is 21.3 Å². The van der Waals surface area contributed by atoms with E-state index in [0.717, 1.165) is 26.0 Å². The van der Waals surface area contributed by atoms with Crippen LogP contribution in [0.4, 0.5) is 0 Å². The van der Waals surface area contributed by atoms with Gasteiger partial charge >= 0.3 is 0 Å². The maximum absolute atomic E-state index is 6.11. The highest BCUT2D eigenvalue weighted by atomic mass is 32.1. The zero-order chi connectivity index (χ0) is 11.3. The number of nitrogens with one attached hydrogen (secondary N) is 1. The number of hydrogen-bond donors (Lipinski definition) is 1. The minimum Gasteiger partial charge on any atom is -0.375 e. The maximum atomic E-state index is 6.11. The zero-order valence-corrected chi connectivity index (χ0v) is 10.8. The van der Waals surface area contributed by atoms with Gasteiger partial charge in [-0.15, -0.1) is 11.3 Å². The van der Waals surface area contributed by atoms with Gasteiger partial charge in [0.25, 0.3) is 0 Å². The van der Waals surface area contributed by atoms with E-state index in [4.69, 9.17) is 4.74 Å². The van der Waals surface area contributed by atoms with Crippen LogP contribution in [0.15, 0.2) is 17.5 Å². The highest BCUT2D eigenvalue weighted by Crippen LogP contribution is 2.38. The third-order valence-electron chi connectivity index (χ3n) is 3.43. The summed E-state index contributed by atoms with van der Waals surface area (Å²) in [5, 5.41) is 5.35. The lowest BCUT2D eigenvalue weighted by molar-refractivity contribution is -0.103. The minimum atomic E-state index is 0.209. The Balaban J connectivity index is 1.70. The highest BCUT2D eigenvalue weighted by molar-refractivity contribution is 7.09. The van der Waals surface area contributed by atoms with Crippen LogP contribution in [-0.4, -0.2) is 25.8 Å². The van der Waals surface area contributed by atoms with Crippen LogP contribution in [0.2, 0.25) is 0 Å². The predicted octanol–water partition coefficient (Wildman–Crippen LogP) is 2.84. The van der Waals surface area contributed by atoms with Gasteiger partial charge in [-0.1, -0.05) is 6.07 Å². The molecule has 0 amide bonds. The molecule has 3 heteroatoms. The first-order chi connectivity index (χ1) is 7.85. The lowest BCUT2D eigenvalue weighted by Crippen LogP contribution is -2.42. The summed E-state index contributed by atoms with van der Waals surface area (Å²) in [5.74, 6) is 0. The van der Waals surface area contributed by atoms with Gasteiger partial charge in [0, 0.05) is 11.3 Å². The molecule has 1 aliphatic carbocycles. The Morgan fingerprint density at radius 1 is 1.50 bits per heavy atom. The largest absolute Gasteiger partial charge is 0.375 e. The lowest BCUT2D eigenvalue weighted by Gasteiger charge is -2.42. The fourth-order valence-electron chi connectivity index (χ4n) is 2.21. The Hall–Kier alpha value is -0.380. The van der Waals surface area contributed by atoms with Gasteiger partial charge in [-0.2, -0.15) is 0 Å². The quantitative estimate of drug-likeness (QED) is 0.790. The molecule has 1 saturated carbocycles. The zero-order valence-electron chi connectivity index (χ0n) is 10.00. The molecular weight excluding hydrogens is 218 g/mol. The van der Waals surface area contributed by atoms with Crippen LogP contribution in [0.25, 0.3) is 0 Å². The van der Waals surface area contributed by atoms with Gasteiger partial charge in [0.2, 0.25) is 0 Å². The van der Waals surface area contributed by atoms with E-state index >= 15 is 0 Å². The molecule has 1 aliphatic rings. The molecule has 0 aliphatic heterocycles. The van der Waals surface area contributed by atoms with E-state index in [0.29, 0.717) is 0 Å². The van der Waals surface area contributed by atoms with Crippen molar-refractivity contribution in [1.82, 2.24) is 5.32 Å². The Labute approximate surface area is 102 Å². The van der Waals surface area contributed by atoms with Gasteiger partial charge < -0.3 is 10.1 Å². The lowest BCUT2D eigenvalue weighted by atomic mass is 9.77. The van der Waals surface area contributed by atoms with Crippen molar-refractivity contribution in [1.29, 1.82) is 0 Å². The molecule has 16 heavy (non-hydrogen) atoms. The van der Waals surface area contributed by atoms with Crippen molar-refractivity contribution in [2.75, 3.05) is 20.2 Å². The summed E-state index contributed by atoms with van der Waals surface area (Å²) in [6, 6.07) is 4.30.